The Morgan fingerprint density at radius 1 is 1.00 bits per heavy atom. The van der Waals surface area contributed by atoms with Gasteiger partial charge in [0.1, 0.15) is 6.04 Å². The molecule has 0 saturated heterocycles. The van der Waals surface area contributed by atoms with E-state index >= 15 is 0 Å². The Balaban J connectivity index is 1.81. The first-order chi connectivity index (χ1) is 10.8. The number of halogens is 1. The number of allylic oxidation sites excluding steroid dienone is 1. The molecule has 1 aliphatic rings. The van der Waals surface area contributed by atoms with Gasteiger partial charge in [-0.05, 0) is 39.8 Å². The molecule has 0 aliphatic carbocycles. The lowest BCUT2D eigenvalue weighted by molar-refractivity contribution is 0.586. The molecule has 4 rings (SSSR count). The molecule has 5 nitrogen and oxygen atoms in total. The van der Waals surface area contributed by atoms with E-state index in [9.17, 15) is 0 Å². The lowest BCUT2D eigenvalue weighted by Crippen LogP contribution is -2.20. The minimum Gasteiger partial charge on any atom is -0.323 e. The maximum Gasteiger partial charge on any atom is 0.248 e. The van der Waals surface area contributed by atoms with Crippen LogP contribution in [0.25, 0.3) is 5.70 Å². The molecule has 1 atom stereocenters. The number of benzene rings is 2. The molecule has 0 radical (unpaired) electrons. The molecular formula is C16H12BrN5. The van der Waals surface area contributed by atoms with Crippen LogP contribution in [0.5, 0.6) is 0 Å². The number of fused-ring (bicyclic) bond motifs is 1. The van der Waals surface area contributed by atoms with E-state index in [-0.39, 0.29) is 6.04 Å². The van der Waals surface area contributed by atoms with E-state index in [1.807, 2.05) is 30.3 Å². The van der Waals surface area contributed by atoms with Crippen molar-refractivity contribution in [2.45, 2.75) is 6.04 Å². The summed E-state index contributed by atoms with van der Waals surface area (Å²) in [5.41, 5.74) is 3.24. The Kier molecular flexibility index (Phi) is 3.23. The van der Waals surface area contributed by atoms with E-state index in [0.29, 0.717) is 5.95 Å². The quantitative estimate of drug-likeness (QED) is 0.766. The molecule has 1 aromatic heterocycles. The van der Waals surface area contributed by atoms with Crippen LogP contribution in [0.4, 0.5) is 5.95 Å². The van der Waals surface area contributed by atoms with Crippen LogP contribution < -0.4 is 5.32 Å². The molecule has 22 heavy (non-hydrogen) atoms. The summed E-state index contributed by atoms with van der Waals surface area (Å²) in [5, 5.41) is 15.2. The van der Waals surface area contributed by atoms with Crippen molar-refractivity contribution in [1.82, 2.24) is 20.2 Å². The predicted molar refractivity (Wildman–Crippen MR) is 88.1 cm³/mol. The normalized spacial score (nSPS) is 16.6. The third-order valence-corrected chi connectivity index (χ3v) is 4.15. The first kappa shape index (κ1) is 13.2. The van der Waals surface area contributed by atoms with Crippen LogP contribution in [-0.4, -0.2) is 20.2 Å². The third-order valence-electron chi connectivity index (χ3n) is 3.62. The highest BCUT2D eigenvalue weighted by molar-refractivity contribution is 9.10. The van der Waals surface area contributed by atoms with Gasteiger partial charge in [-0.25, -0.2) is 0 Å². The second-order valence-electron chi connectivity index (χ2n) is 5.01. The number of hydrogen-bond acceptors (Lipinski definition) is 4. The van der Waals surface area contributed by atoms with Crippen molar-refractivity contribution < 1.29 is 0 Å². The molecule has 0 fully saturated rings. The Labute approximate surface area is 135 Å². The number of rotatable bonds is 2. The van der Waals surface area contributed by atoms with Crippen molar-refractivity contribution in [3.05, 3.63) is 76.3 Å². The van der Waals surface area contributed by atoms with Gasteiger partial charge in [0.2, 0.25) is 5.95 Å². The monoisotopic (exact) mass is 353 g/mol. The fraction of sp³-hybridized carbons (Fsp3) is 0.0625. The fourth-order valence-electron chi connectivity index (χ4n) is 2.54. The molecule has 0 saturated carbocycles. The van der Waals surface area contributed by atoms with E-state index < -0.39 is 0 Å². The summed E-state index contributed by atoms with van der Waals surface area (Å²) >= 11 is 3.46. The second-order valence-corrected chi connectivity index (χ2v) is 5.93. The van der Waals surface area contributed by atoms with Gasteiger partial charge in [-0.3, -0.25) is 0 Å². The molecule has 3 aromatic rings. The smallest absolute Gasteiger partial charge is 0.248 e. The highest BCUT2D eigenvalue weighted by atomic mass is 79.9. The van der Waals surface area contributed by atoms with Gasteiger partial charge in [-0.2, -0.15) is 4.68 Å². The Hall–Kier alpha value is -2.47. The average Bonchev–Trinajstić information content (AvgIpc) is 3.04. The maximum absolute atomic E-state index is 4.10. The lowest BCUT2D eigenvalue weighted by atomic mass is 10.0. The first-order valence-electron chi connectivity index (χ1n) is 6.89. The van der Waals surface area contributed by atoms with E-state index in [4.69, 9.17) is 0 Å². The molecule has 2 heterocycles. The molecular weight excluding hydrogens is 342 g/mol. The van der Waals surface area contributed by atoms with Crippen molar-refractivity contribution in [3.63, 3.8) is 0 Å². The Bertz CT molecular complexity index is 823. The summed E-state index contributed by atoms with van der Waals surface area (Å²) in [5.74, 6) is 0.647. The summed E-state index contributed by atoms with van der Waals surface area (Å²) in [6, 6.07) is 18.3. The van der Waals surface area contributed by atoms with Crippen LogP contribution in [0, 0.1) is 0 Å². The van der Waals surface area contributed by atoms with Gasteiger partial charge in [-0.15, -0.1) is 0 Å². The van der Waals surface area contributed by atoms with E-state index in [2.05, 4.69) is 67.1 Å². The SMILES string of the molecule is Brc1ccc(C2=C[C@@H](c3ccccc3)n3nnnc3N2)cc1. The van der Waals surface area contributed by atoms with Gasteiger partial charge < -0.3 is 5.32 Å². The number of tetrazole rings is 1. The first-order valence-corrected chi connectivity index (χ1v) is 7.68. The van der Waals surface area contributed by atoms with Crippen molar-refractivity contribution in [1.29, 1.82) is 0 Å². The van der Waals surface area contributed by atoms with E-state index in [1.54, 1.807) is 4.68 Å². The van der Waals surface area contributed by atoms with E-state index in [1.165, 1.54) is 0 Å². The maximum atomic E-state index is 4.10. The molecule has 0 unspecified atom stereocenters. The second kappa shape index (κ2) is 5.38. The zero-order valence-corrected chi connectivity index (χ0v) is 13.1. The molecule has 6 heteroatoms. The average molecular weight is 354 g/mol. The summed E-state index contributed by atoms with van der Waals surface area (Å²) < 4.78 is 2.84. The van der Waals surface area contributed by atoms with Crippen LogP contribution in [0.2, 0.25) is 0 Å². The van der Waals surface area contributed by atoms with Crippen molar-refractivity contribution in [2.24, 2.45) is 0 Å². The van der Waals surface area contributed by atoms with Crippen LogP contribution in [0.3, 0.4) is 0 Å². The summed E-state index contributed by atoms with van der Waals surface area (Å²) in [7, 11) is 0. The summed E-state index contributed by atoms with van der Waals surface area (Å²) in [6.45, 7) is 0. The van der Waals surface area contributed by atoms with Crippen molar-refractivity contribution in [2.75, 3.05) is 5.32 Å². The number of nitrogens with one attached hydrogen (secondary N) is 1. The molecule has 0 amide bonds. The molecule has 0 bridgehead atoms. The van der Waals surface area contributed by atoms with Crippen LogP contribution in [0.15, 0.2) is 65.1 Å². The number of anilines is 1. The highest BCUT2D eigenvalue weighted by Gasteiger charge is 2.23. The standard InChI is InChI=1S/C16H12BrN5/c17-13-8-6-11(7-9-13)14-10-15(12-4-2-1-3-5-12)22-16(18-14)19-20-21-22/h1-10,15H,(H,18,19,21)/t15-/m0/s1. The van der Waals surface area contributed by atoms with Gasteiger partial charge >= 0.3 is 0 Å². The van der Waals surface area contributed by atoms with Gasteiger partial charge in [0.15, 0.2) is 0 Å². The van der Waals surface area contributed by atoms with Gasteiger partial charge in [-0.1, -0.05) is 63.5 Å². The van der Waals surface area contributed by atoms with Gasteiger partial charge in [0.05, 0.1) is 0 Å². The number of hydrogen-bond donors (Lipinski definition) is 1. The molecule has 0 spiro atoms. The Morgan fingerprint density at radius 2 is 1.77 bits per heavy atom. The molecule has 1 N–H and O–H groups in total. The van der Waals surface area contributed by atoms with Gasteiger partial charge in [0.25, 0.3) is 0 Å². The molecule has 1 aliphatic heterocycles. The zero-order chi connectivity index (χ0) is 14.9. The van der Waals surface area contributed by atoms with Crippen LogP contribution in [0.1, 0.15) is 17.2 Å². The third kappa shape index (κ3) is 2.31. The lowest BCUT2D eigenvalue weighted by Gasteiger charge is -2.23. The molecule has 2 aromatic carbocycles. The number of aromatic nitrogens is 4. The van der Waals surface area contributed by atoms with Crippen molar-refractivity contribution >= 4 is 27.6 Å². The molecule has 108 valence electrons. The minimum atomic E-state index is -0.0221. The largest absolute Gasteiger partial charge is 0.323 e. The van der Waals surface area contributed by atoms with Crippen LogP contribution in [-0.2, 0) is 0 Å². The summed E-state index contributed by atoms with van der Waals surface area (Å²) in [6.07, 6.45) is 2.14. The van der Waals surface area contributed by atoms with Crippen LogP contribution >= 0.6 is 15.9 Å². The topological polar surface area (TPSA) is 55.6 Å². The van der Waals surface area contributed by atoms with Gasteiger partial charge in [0, 0.05) is 10.2 Å². The predicted octanol–water partition coefficient (Wildman–Crippen LogP) is 3.49. The van der Waals surface area contributed by atoms with Crippen molar-refractivity contribution in [3.8, 4) is 0 Å². The highest BCUT2D eigenvalue weighted by Crippen LogP contribution is 2.31. The zero-order valence-electron chi connectivity index (χ0n) is 11.5. The summed E-state index contributed by atoms with van der Waals surface area (Å²) in [4.78, 5) is 0. The number of nitrogens with zero attached hydrogens (tertiary/aromatic N) is 4. The minimum absolute atomic E-state index is 0.0221. The fourth-order valence-corrected chi connectivity index (χ4v) is 2.80. The Morgan fingerprint density at radius 3 is 2.55 bits per heavy atom. The van der Waals surface area contributed by atoms with E-state index in [0.717, 1.165) is 21.3 Å².